The summed E-state index contributed by atoms with van der Waals surface area (Å²) in [7, 11) is 1.59. The Morgan fingerprint density at radius 2 is 1.92 bits per heavy atom. The third kappa shape index (κ3) is 3.02. The summed E-state index contributed by atoms with van der Waals surface area (Å²) in [6, 6.07) is 12.0. The van der Waals surface area contributed by atoms with Gasteiger partial charge in [0.05, 0.1) is 18.7 Å². The zero-order valence-corrected chi connectivity index (χ0v) is 15.0. The Morgan fingerprint density at radius 1 is 1.24 bits per heavy atom. The van der Waals surface area contributed by atoms with Gasteiger partial charge in [-0.3, -0.25) is 9.36 Å². The standard InChI is InChI=1S/C19H19ClN2O3/c1-11(21-24)18-12(2)22(17-9-8-15(25-3)10-16(17)18)19(23)13-4-6-14(20)7-5-13/h4-11,21,24H,1-3H3. The summed E-state index contributed by atoms with van der Waals surface area (Å²) in [6.07, 6.45) is 0. The average molecular weight is 359 g/mol. The molecule has 25 heavy (non-hydrogen) atoms. The molecule has 2 aromatic carbocycles. The third-order valence-electron chi connectivity index (χ3n) is 4.38. The van der Waals surface area contributed by atoms with Crippen molar-refractivity contribution in [1.29, 1.82) is 0 Å². The van der Waals surface area contributed by atoms with E-state index in [0.717, 1.165) is 22.2 Å². The lowest BCUT2D eigenvalue weighted by Crippen LogP contribution is -2.17. The van der Waals surface area contributed by atoms with E-state index >= 15 is 0 Å². The molecule has 3 rings (SSSR count). The Bertz CT molecular complexity index is 932. The molecule has 1 unspecified atom stereocenters. The van der Waals surface area contributed by atoms with Gasteiger partial charge in [0.25, 0.3) is 5.91 Å². The monoisotopic (exact) mass is 358 g/mol. The Balaban J connectivity index is 2.25. The largest absolute Gasteiger partial charge is 0.497 e. The molecule has 0 radical (unpaired) electrons. The maximum atomic E-state index is 13.1. The number of carbonyl (C=O) groups is 1. The number of nitrogens with one attached hydrogen (secondary N) is 1. The Hall–Kier alpha value is -2.34. The van der Waals surface area contributed by atoms with Crippen LogP contribution in [0, 0.1) is 6.92 Å². The van der Waals surface area contributed by atoms with E-state index in [1.54, 1.807) is 35.9 Å². The number of ether oxygens (including phenoxy) is 1. The maximum absolute atomic E-state index is 13.1. The fourth-order valence-electron chi connectivity index (χ4n) is 3.14. The topological polar surface area (TPSA) is 63.5 Å². The van der Waals surface area contributed by atoms with Crippen molar-refractivity contribution in [3.05, 3.63) is 64.3 Å². The maximum Gasteiger partial charge on any atom is 0.262 e. The van der Waals surface area contributed by atoms with Crippen LogP contribution in [0.25, 0.3) is 10.9 Å². The van der Waals surface area contributed by atoms with E-state index < -0.39 is 0 Å². The summed E-state index contributed by atoms with van der Waals surface area (Å²) in [4.78, 5) is 13.1. The molecular formula is C19H19ClN2O3. The van der Waals surface area contributed by atoms with Crippen molar-refractivity contribution in [2.24, 2.45) is 0 Å². The second-order valence-electron chi connectivity index (χ2n) is 5.88. The van der Waals surface area contributed by atoms with E-state index in [4.69, 9.17) is 16.3 Å². The van der Waals surface area contributed by atoms with Gasteiger partial charge in [0.1, 0.15) is 5.75 Å². The number of hydroxylamine groups is 1. The minimum absolute atomic E-state index is 0.152. The van der Waals surface area contributed by atoms with Crippen LogP contribution < -0.4 is 10.2 Å². The van der Waals surface area contributed by atoms with Crippen LogP contribution in [0.5, 0.6) is 5.75 Å². The van der Waals surface area contributed by atoms with Crippen molar-refractivity contribution < 1.29 is 14.7 Å². The first-order valence-electron chi connectivity index (χ1n) is 7.86. The molecule has 0 saturated carbocycles. The lowest BCUT2D eigenvalue weighted by molar-refractivity contribution is 0.0961. The minimum atomic E-state index is -0.339. The fraction of sp³-hybridized carbons (Fsp3) is 0.211. The molecule has 2 N–H and O–H groups in total. The van der Waals surface area contributed by atoms with Gasteiger partial charge in [-0.05, 0) is 56.3 Å². The van der Waals surface area contributed by atoms with E-state index in [-0.39, 0.29) is 11.9 Å². The van der Waals surface area contributed by atoms with Crippen molar-refractivity contribution in [2.75, 3.05) is 7.11 Å². The first-order valence-corrected chi connectivity index (χ1v) is 8.24. The lowest BCUT2D eigenvalue weighted by atomic mass is 10.0. The fourth-order valence-corrected chi connectivity index (χ4v) is 3.27. The lowest BCUT2D eigenvalue weighted by Gasteiger charge is -2.11. The van der Waals surface area contributed by atoms with Crippen molar-refractivity contribution in [3.63, 3.8) is 0 Å². The smallest absolute Gasteiger partial charge is 0.262 e. The molecular weight excluding hydrogens is 340 g/mol. The van der Waals surface area contributed by atoms with Crippen molar-refractivity contribution in [1.82, 2.24) is 10.0 Å². The molecule has 0 aliphatic rings. The first kappa shape index (κ1) is 17.5. The number of methoxy groups -OCH3 is 1. The summed E-state index contributed by atoms with van der Waals surface area (Å²) in [5.74, 6) is 0.538. The number of hydrogen-bond donors (Lipinski definition) is 2. The third-order valence-corrected chi connectivity index (χ3v) is 4.63. The molecule has 0 bridgehead atoms. The molecule has 0 aliphatic carbocycles. The number of hydrogen-bond acceptors (Lipinski definition) is 4. The Kier molecular flexibility index (Phi) is 4.81. The Morgan fingerprint density at radius 3 is 2.52 bits per heavy atom. The first-order chi connectivity index (χ1) is 12.0. The van der Waals surface area contributed by atoms with Gasteiger partial charge < -0.3 is 9.94 Å². The zero-order valence-electron chi connectivity index (χ0n) is 14.2. The molecule has 1 aromatic heterocycles. The highest BCUT2D eigenvalue weighted by atomic mass is 35.5. The van der Waals surface area contributed by atoms with Gasteiger partial charge >= 0.3 is 0 Å². The summed E-state index contributed by atoms with van der Waals surface area (Å²) in [5, 5.41) is 10.8. The second-order valence-corrected chi connectivity index (χ2v) is 6.32. The van der Waals surface area contributed by atoms with Crippen LogP contribution in [0.1, 0.15) is 34.6 Å². The highest BCUT2D eigenvalue weighted by Gasteiger charge is 2.23. The normalized spacial score (nSPS) is 12.4. The Labute approximate surface area is 150 Å². The molecule has 1 heterocycles. The van der Waals surface area contributed by atoms with Crippen LogP contribution in [0.15, 0.2) is 42.5 Å². The summed E-state index contributed by atoms with van der Waals surface area (Å²) < 4.78 is 6.96. The van der Waals surface area contributed by atoms with Gasteiger partial charge in [-0.1, -0.05) is 11.6 Å². The van der Waals surface area contributed by atoms with Crippen LogP contribution in [0.2, 0.25) is 5.02 Å². The highest BCUT2D eigenvalue weighted by molar-refractivity contribution is 6.30. The SMILES string of the molecule is COc1ccc2c(c1)c(C(C)NO)c(C)n2C(=O)c1ccc(Cl)cc1. The van der Waals surface area contributed by atoms with Gasteiger partial charge in [-0.25, -0.2) is 0 Å². The number of aromatic nitrogens is 1. The van der Waals surface area contributed by atoms with Crippen LogP contribution >= 0.6 is 11.6 Å². The van der Waals surface area contributed by atoms with E-state index in [1.165, 1.54) is 0 Å². The summed E-state index contributed by atoms with van der Waals surface area (Å²) in [6.45, 7) is 3.70. The second kappa shape index (κ2) is 6.88. The number of halogens is 1. The average Bonchev–Trinajstić information content (AvgIpc) is 2.92. The van der Waals surface area contributed by atoms with Gasteiger partial charge in [-0.15, -0.1) is 0 Å². The van der Waals surface area contributed by atoms with E-state index in [0.29, 0.717) is 16.3 Å². The highest BCUT2D eigenvalue weighted by Crippen LogP contribution is 2.33. The van der Waals surface area contributed by atoms with Crippen molar-refractivity contribution in [2.45, 2.75) is 19.9 Å². The van der Waals surface area contributed by atoms with Gasteiger partial charge in [0.15, 0.2) is 0 Å². The van der Waals surface area contributed by atoms with Gasteiger partial charge in [0, 0.05) is 27.2 Å². The van der Waals surface area contributed by atoms with Crippen LogP contribution in [-0.4, -0.2) is 22.8 Å². The van der Waals surface area contributed by atoms with Gasteiger partial charge in [0.2, 0.25) is 0 Å². The molecule has 0 saturated heterocycles. The quantitative estimate of drug-likeness (QED) is 0.681. The zero-order chi connectivity index (χ0) is 18.1. The molecule has 130 valence electrons. The minimum Gasteiger partial charge on any atom is -0.497 e. The molecule has 3 aromatic rings. The molecule has 0 aliphatic heterocycles. The molecule has 0 spiro atoms. The van der Waals surface area contributed by atoms with Crippen molar-refractivity contribution >= 4 is 28.4 Å². The van der Waals surface area contributed by atoms with Gasteiger partial charge in [-0.2, -0.15) is 5.48 Å². The number of fused-ring (bicyclic) bond motifs is 1. The summed E-state index contributed by atoms with van der Waals surface area (Å²) in [5.41, 5.74) is 5.17. The molecule has 6 heteroatoms. The van der Waals surface area contributed by atoms with Crippen LogP contribution in [0.3, 0.4) is 0 Å². The van der Waals surface area contributed by atoms with E-state index in [1.807, 2.05) is 32.0 Å². The van der Waals surface area contributed by atoms with E-state index in [2.05, 4.69) is 5.48 Å². The van der Waals surface area contributed by atoms with Crippen LogP contribution in [-0.2, 0) is 0 Å². The predicted octanol–water partition coefficient (Wildman–Crippen LogP) is 4.34. The number of benzene rings is 2. The van der Waals surface area contributed by atoms with Crippen LogP contribution in [0.4, 0.5) is 0 Å². The van der Waals surface area contributed by atoms with Crippen molar-refractivity contribution in [3.8, 4) is 5.75 Å². The number of rotatable bonds is 4. The predicted molar refractivity (Wildman–Crippen MR) is 97.7 cm³/mol. The number of carbonyl (C=O) groups excluding carboxylic acids is 1. The summed E-state index contributed by atoms with van der Waals surface area (Å²) >= 11 is 5.92. The number of nitrogens with zero attached hydrogens (tertiary/aromatic N) is 1. The molecule has 0 amide bonds. The molecule has 0 fully saturated rings. The molecule has 1 atom stereocenters. The molecule has 5 nitrogen and oxygen atoms in total. The van der Waals surface area contributed by atoms with E-state index in [9.17, 15) is 10.0 Å².